The standard InChI is InChI=1S/C53H44O6P2/c1-52(2,56-45-30-16-22-35-18-8-12-26-40(35)45)60-58-47-33-32-37-20-10-14-28-42(37)48(47)49-43-29-15-11-21-38(43)34-44(51(54)55-39-24-6-5-7-25-39)50(49)59-61-53(3,4)57-46-31-17-23-36-19-9-13-27-41(36)46/h5-34,60-61H,1-4H3. The number of hydrogen-bond donors (Lipinski definition) is 0. The van der Waals surface area contributed by atoms with Crippen molar-refractivity contribution < 1.29 is 28.1 Å². The van der Waals surface area contributed by atoms with Crippen molar-refractivity contribution in [1.29, 1.82) is 0 Å². The van der Waals surface area contributed by atoms with Gasteiger partial charge in [-0.05, 0) is 96.4 Å². The Kier molecular flexibility index (Phi) is 11.1. The Bertz CT molecular complexity index is 3040. The fraction of sp³-hybridized carbons (Fsp3) is 0.113. The van der Waals surface area contributed by atoms with Crippen LogP contribution in [0.3, 0.4) is 0 Å². The Labute approximate surface area is 359 Å². The molecule has 0 amide bonds. The van der Waals surface area contributed by atoms with E-state index in [0.717, 1.165) is 65.7 Å². The Morgan fingerprint density at radius 3 is 1.48 bits per heavy atom. The van der Waals surface area contributed by atoms with Crippen molar-refractivity contribution in [2.24, 2.45) is 0 Å². The molecule has 0 spiro atoms. The van der Waals surface area contributed by atoms with Crippen LogP contribution in [0.1, 0.15) is 38.1 Å². The van der Waals surface area contributed by atoms with Gasteiger partial charge >= 0.3 is 5.97 Å². The van der Waals surface area contributed by atoms with Gasteiger partial charge in [0.1, 0.15) is 51.9 Å². The number of carbonyl (C=O) groups excluding carboxylic acids is 1. The lowest BCUT2D eigenvalue weighted by atomic mass is 9.90. The second-order valence-corrected chi connectivity index (χ2v) is 19.0. The van der Waals surface area contributed by atoms with E-state index in [9.17, 15) is 4.79 Å². The number of hydrogen-bond acceptors (Lipinski definition) is 6. The predicted molar refractivity (Wildman–Crippen MR) is 253 cm³/mol. The van der Waals surface area contributed by atoms with E-state index in [1.165, 1.54) is 0 Å². The van der Waals surface area contributed by atoms with Gasteiger partial charge in [0.2, 0.25) is 0 Å². The minimum absolute atomic E-state index is 0.113. The molecule has 0 saturated heterocycles. The largest absolute Gasteiger partial charge is 0.480 e. The lowest BCUT2D eigenvalue weighted by Gasteiger charge is -2.29. The molecule has 0 N–H and O–H groups in total. The summed E-state index contributed by atoms with van der Waals surface area (Å²) in [4.78, 5) is 14.5. The highest BCUT2D eigenvalue weighted by Crippen LogP contribution is 2.52. The third-order valence-corrected chi connectivity index (χ3v) is 12.2. The fourth-order valence-electron chi connectivity index (χ4n) is 7.59. The van der Waals surface area contributed by atoms with Crippen molar-refractivity contribution in [3.8, 4) is 39.9 Å². The maximum atomic E-state index is 14.5. The van der Waals surface area contributed by atoms with Gasteiger partial charge in [-0.1, -0.05) is 146 Å². The summed E-state index contributed by atoms with van der Waals surface area (Å²) in [5, 5.41) is 6.40. The number of benzene rings is 9. The van der Waals surface area contributed by atoms with Gasteiger partial charge in [0.15, 0.2) is 10.7 Å². The maximum absolute atomic E-state index is 14.5. The molecule has 0 saturated carbocycles. The first-order valence-corrected chi connectivity index (χ1v) is 22.0. The van der Waals surface area contributed by atoms with E-state index in [1.54, 1.807) is 12.1 Å². The molecule has 0 bridgehead atoms. The summed E-state index contributed by atoms with van der Waals surface area (Å²) >= 11 is 0. The highest BCUT2D eigenvalue weighted by atomic mass is 31.1. The van der Waals surface area contributed by atoms with Crippen LogP contribution >= 0.6 is 17.6 Å². The van der Waals surface area contributed by atoms with Gasteiger partial charge in [-0.2, -0.15) is 0 Å². The Hall–Kier alpha value is -6.45. The van der Waals surface area contributed by atoms with Crippen molar-refractivity contribution in [1.82, 2.24) is 0 Å². The number of para-hydroxylation sites is 1. The highest BCUT2D eigenvalue weighted by Gasteiger charge is 2.31. The van der Waals surface area contributed by atoms with Crippen molar-refractivity contribution in [2.45, 2.75) is 38.4 Å². The van der Waals surface area contributed by atoms with Crippen LogP contribution < -0.4 is 23.3 Å². The van der Waals surface area contributed by atoms with E-state index in [2.05, 4.69) is 60.7 Å². The number of fused-ring (bicyclic) bond motifs is 4. The maximum Gasteiger partial charge on any atom is 0.347 e. The van der Waals surface area contributed by atoms with Crippen LogP contribution in [0.5, 0.6) is 28.7 Å². The molecule has 6 nitrogen and oxygen atoms in total. The van der Waals surface area contributed by atoms with E-state index in [-0.39, 0.29) is 23.2 Å². The summed E-state index contributed by atoms with van der Waals surface area (Å²) in [7, 11) is -0.358. The Morgan fingerprint density at radius 2 is 0.885 bits per heavy atom. The quantitative estimate of drug-likeness (QED) is 0.0655. The van der Waals surface area contributed by atoms with Crippen LogP contribution in [0.2, 0.25) is 0 Å². The van der Waals surface area contributed by atoms with Gasteiger partial charge < -0.3 is 23.3 Å². The minimum Gasteiger partial charge on any atom is -0.480 e. The molecule has 2 atom stereocenters. The Morgan fingerprint density at radius 1 is 0.426 bits per heavy atom. The molecule has 0 fully saturated rings. The average Bonchev–Trinajstić information content (AvgIpc) is 3.27. The van der Waals surface area contributed by atoms with E-state index < -0.39 is 16.7 Å². The molecule has 0 aliphatic rings. The smallest absolute Gasteiger partial charge is 0.347 e. The summed E-state index contributed by atoms with van der Waals surface area (Å²) in [6, 6.07) is 59.8. The van der Waals surface area contributed by atoms with Crippen LogP contribution in [0.4, 0.5) is 0 Å². The van der Waals surface area contributed by atoms with Crippen LogP contribution in [0.25, 0.3) is 54.2 Å². The molecule has 0 aliphatic heterocycles. The third kappa shape index (κ3) is 8.61. The molecule has 9 aromatic carbocycles. The fourth-order valence-corrected chi connectivity index (χ4v) is 8.98. The zero-order chi connectivity index (χ0) is 42.0. The van der Waals surface area contributed by atoms with Gasteiger partial charge in [-0.3, -0.25) is 0 Å². The predicted octanol–water partition coefficient (Wildman–Crippen LogP) is 14.8. The van der Waals surface area contributed by atoms with E-state index in [1.807, 2.05) is 137 Å². The summed E-state index contributed by atoms with van der Waals surface area (Å²) in [6.45, 7) is 8.08. The number of esters is 1. The van der Waals surface area contributed by atoms with E-state index in [4.69, 9.17) is 23.3 Å². The monoisotopic (exact) mass is 838 g/mol. The second kappa shape index (κ2) is 16.9. The van der Waals surface area contributed by atoms with Crippen LogP contribution in [0, 0.1) is 0 Å². The minimum atomic E-state index is -0.809. The van der Waals surface area contributed by atoms with Crippen LogP contribution in [0.15, 0.2) is 182 Å². The van der Waals surface area contributed by atoms with Gasteiger partial charge in [0.05, 0.1) is 0 Å². The molecular formula is C53H44O6P2. The molecule has 9 aromatic rings. The molecule has 61 heavy (non-hydrogen) atoms. The molecule has 302 valence electrons. The number of carbonyl (C=O) groups is 1. The van der Waals surface area contributed by atoms with Gasteiger partial charge in [0.25, 0.3) is 0 Å². The summed E-state index contributed by atoms with van der Waals surface area (Å²) in [5.74, 6) is 2.44. The summed E-state index contributed by atoms with van der Waals surface area (Å²) in [6.07, 6.45) is 0. The highest BCUT2D eigenvalue weighted by molar-refractivity contribution is 7.34. The molecule has 8 heteroatoms. The summed E-state index contributed by atoms with van der Waals surface area (Å²) < 4.78 is 33.5. The van der Waals surface area contributed by atoms with Crippen LogP contribution in [-0.4, -0.2) is 16.7 Å². The normalized spacial score (nSPS) is 12.2. The third-order valence-electron chi connectivity index (χ3n) is 10.4. The van der Waals surface area contributed by atoms with E-state index >= 15 is 0 Å². The second-order valence-electron chi connectivity index (χ2n) is 15.8. The first kappa shape index (κ1) is 40.0. The zero-order valence-electron chi connectivity index (χ0n) is 34.3. The van der Waals surface area contributed by atoms with Crippen LogP contribution in [-0.2, 0) is 0 Å². The number of rotatable bonds is 13. The van der Waals surface area contributed by atoms with Crippen molar-refractivity contribution >= 4 is 66.7 Å². The molecule has 2 unspecified atom stereocenters. The lowest BCUT2D eigenvalue weighted by Crippen LogP contribution is -2.23. The van der Waals surface area contributed by atoms with Crippen molar-refractivity contribution in [3.63, 3.8) is 0 Å². The van der Waals surface area contributed by atoms with Gasteiger partial charge in [-0.25, -0.2) is 4.79 Å². The van der Waals surface area contributed by atoms with Crippen molar-refractivity contribution in [3.05, 3.63) is 188 Å². The molecule has 0 radical (unpaired) electrons. The zero-order valence-corrected chi connectivity index (χ0v) is 36.3. The van der Waals surface area contributed by atoms with E-state index in [0.29, 0.717) is 17.2 Å². The molecule has 9 rings (SSSR count). The first-order valence-electron chi connectivity index (χ1n) is 20.2. The SMILES string of the molecule is CC(C)(Oc1cccc2ccccc12)POc1ccc2ccccc2c1-c1c(OPC(C)(C)Oc2cccc3ccccc23)c(C(=O)Oc2ccccc2)cc2ccccc12. The molecule has 0 heterocycles. The average molecular weight is 839 g/mol. The van der Waals surface area contributed by atoms with Gasteiger partial charge in [0, 0.05) is 21.9 Å². The van der Waals surface area contributed by atoms with Gasteiger partial charge in [-0.15, -0.1) is 0 Å². The Balaban J connectivity index is 1.17. The lowest BCUT2D eigenvalue weighted by molar-refractivity contribution is 0.0733. The molecular weight excluding hydrogens is 795 g/mol. The molecule has 0 aromatic heterocycles. The topological polar surface area (TPSA) is 63.2 Å². The summed E-state index contributed by atoms with van der Waals surface area (Å²) in [5.41, 5.74) is 1.80. The first-order chi connectivity index (χ1) is 29.6. The number of ether oxygens (including phenoxy) is 3. The molecule has 0 aliphatic carbocycles. The van der Waals surface area contributed by atoms with Crippen molar-refractivity contribution in [2.75, 3.05) is 0 Å².